The van der Waals surface area contributed by atoms with Gasteiger partial charge in [0.1, 0.15) is 11.5 Å². The Morgan fingerprint density at radius 2 is 1.67 bits per heavy atom. The summed E-state index contributed by atoms with van der Waals surface area (Å²) in [5.74, 6) is 1.32. The summed E-state index contributed by atoms with van der Waals surface area (Å²) in [7, 11) is 1.62. The number of hydrogen-bond acceptors (Lipinski definition) is 4. The van der Waals surface area contributed by atoms with Gasteiger partial charge in [0.05, 0.1) is 7.11 Å². The fourth-order valence-corrected chi connectivity index (χ4v) is 3.24. The zero-order valence-corrected chi connectivity index (χ0v) is 15.9. The van der Waals surface area contributed by atoms with Crippen molar-refractivity contribution in [1.82, 2.24) is 5.32 Å². The van der Waals surface area contributed by atoms with E-state index in [1.165, 1.54) is 37.2 Å². The highest BCUT2D eigenvalue weighted by molar-refractivity contribution is 5.77. The number of nitrogens with zero attached hydrogens (tertiary/aromatic N) is 1. The molecule has 27 heavy (non-hydrogen) atoms. The van der Waals surface area contributed by atoms with Crippen LogP contribution in [0.1, 0.15) is 24.8 Å². The van der Waals surface area contributed by atoms with Crippen LogP contribution in [0.2, 0.25) is 0 Å². The molecule has 3 rings (SSSR count). The van der Waals surface area contributed by atoms with Gasteiger partial charge in [-0.1, -0.05) is 12.1 Å². The third kappa shape index (κ3) is 5.91. The Kier molecular flexibility index (Phi) is 6.97. The minimum atomic E-state index is -0.102. The van der Waals surface area contributed by atoms with E-state index in [2.05, 4.69) is 34.5 Å². The van der Waals surface area contributed by atoms with Crippen molar-refractivity contribution in [2.75, 3.05) is 38.3 Å². The summed E-state index contributed by atoms with van der Waals surface area (Å²) in [5, 5.41) is 2.90. The third-order valence-electron chi connectivity index (χ3n) is 4.80. The van der Waals surface area contributed by atoms with E-state index in [9.17, 15) is 4.79 Å². The molecule has 0 aliphatic carbocycles. The molecule has 1 fully saturated rings. The molecule has 1 heterocycles. The van der Waals surface area contributed by atoms with Gasteiger partial charge in [-0.15, -0.1) is 0 Å². The zero-order chi connectivity index (χ0) is 18.9. The van der Waals surface area contributed by atoms with Crippen molar-refractivity contribution in [2.45, 2.75) is 25.7 Å². The molecular weight excluding hydrogens is 340 g/mol. The molecule has 5 nitrogen and oxygen atoms in total. The van der Waals surface area contributed by atoms with E-state index in [4.69, 9.17) is 9.47 Å². The highest BCUT2D eigenvalue weighted by Gasteiger charge is 2.11. The van der Waals surface area contributed by atoms with E-state index < -0.39 is 0 Å². The normalized spacial score (nSPS) is 13.4. The molecule has 0 atom stereocenters. The predicted molar refractivity (Wildman–Crippen MR) is 108 cm³/mol. The van der Waals surface area contributed by atoms with Crippen LogP contribution in [0.5, 0.6) is 11.5 Å². The number of hydrogen-bond donors (Lipinski definition) is 1. The zero-order valence-electron chi connectivity index (χ0n) is 15.9. The largest absolute Gasteiger partial charge is 0.497 e. The van der Waals surface area contributed by atoms with Gasteiger partial charge in [-0.3, -0.25) is 4.79 Å². The number of methoxy groups -OCH3 is 1. The van der Waals surface area contributed by atoms with Crippen LogP contribution in [0.25, 0.3) is 0 Å². The minimum Gasteiger partial charge on any atom is -0.497 e. The lowest BCUT2D eigenvalue weighted by atomic mass is 10.1. The van der Waals surface area contributed by atoms with E-state index in [0.717, 1.165) is 18.6 Å². The minimum absolute atomic E-state index is 0.0247. The van der Waals surface area contributed by atoms with Gasteiger partial charge in [-0.2, -0.15) is 0 Å². The van der Waals surface area contributed by atoms with Crippen molar-refractivity contribution < 1.29 is 14.3 Å². The number of carbonyl (C=O) groups excluding carboxylic acids is 1. The first-order valence-corrected chi connectivity index (χ1v) is 9.62. The van der Waals surface area contributed by atoms with Crippen LogP contribution < -0.4 is 19.7 Å². The Morgan fingerprint density at radius 3 is 2.33 bits per heavy atom. The van der Waals surface area contributed by atoms with Crippen molar-refractivity contribution in [1.29, 1.82) is 0 Å². The lowest BCUT2D eigenvalue weighted by Crippen LogP contribution is -2.29. The lowest BCUT2D eigenvalue weighted by molar-refractivity contribution is -0.123. The molecule has 1 aliphatic rings. The van der Waals surface area contributed by atoms with Gasteiger partial charge in [0, 0.05) is 25.3 Å². The van der Waals surface area contributed by atoms with E-state index in [1.54, 1.807) is 19.2 Å². The van der Waals surface area contributed by atoms with Gasteiger partial charge in [-0.05, 0) is 67.6 Å². The molecule has 144 valence electrons. The SMILES string of the molecule is COc1ccc(OCC(=O)NCCCc2ccc(N3CCCC3)cc2)cc1. The van der Waals surface area contributed by atoms with Crippen LogP contribution in [0, 0.1) is 0 Å². The monoisotopic (exact) mass is 368 g/mol. The van der Waals surface area contributed by atoms with Crippen LogP contribution >= 0.6 is 0 Å². The Hall–Kier alpha value is -2.69. The molecule has 0 bridgehead atoms. The quantitative estimate of drug-likeness (QED) is 0.689. The van der Waals surface area contributed by atoms with Crippen LogP contribution in [-0.4, -0.2) is 39.3 Å². The average molecular weight is 368 g/mol. The van der Waals surface area contributed by atoms with Gasteiger partial charge < -0.3 is 19.7 Å². The fourth-order valence-electron chi connectivity index (χ4n) is 3.24. The fraction of sp³-hybridized carbons (Fsp3) is 0.409. The Balaban J connectivity index is 1.31. The highest BCUT2D eigenvalue weighted by Crippen LogP contribution is 2.20. The number of amides is 1. The molecule has 5 heteroatoms. The van der Waals surface area contributed by atoms with Gasteiger partial charge >= 0.3 is 0 Å². The van der Waals surface area contributed by atoms with Crippen molar-refractivity contribution in [3.63, 3.8) is 0 Å². The van der Waals surface area contributed by atoms with Crippen molar-refractivity contribution in [2.24, 2.45) is 0 Å². The third-order valence-corrected chi connectivity index (χ3v) is 4.80. The van der Waals surface area contributed by atoms with Gasteiger partial charge in [0.15, 0.2) is 6.61 Å². The van der Waals surface area contributed by atoms with E-state index in [0.29, 0.717) is 12.3 Å². The molecule has 0 unspecified atom stereocenters. The maximum atomic E-state index is 11.9. The molecule has 1 aliphatic heterocycles. The number of benzene rings is 2. The summed E-state index contributed by atoms with van der Waals surface area (Å²) < 4.78 is 10.6. The summed E-state index contributed by atoms with van der Waals surface area (Å²) in [6.07, 6.45) is 4.46. The Bertz CT molecular complexity index is 707. The topological polar surface area (TPSA) is 50.8 Å². The molecule has 2 aromatic rings. The number of carbonyl (C=O) groups is 1. The van der Waals surface area contributed by atoms with Gasteiger partial charge in [0.25, 0.3) is 5.91 Å². The first-order valence-electron chi connectivity index (χ1n) is 9.62. The first kappa shape index (κ1) is 19.1. The molecule has 0 spiro atoms. The molecule has 0 saturated carbocycles. The van der Waals surface area contributed by atoms with Crippen LogP contribution in [0.4, 0.5) is 5.69 Å². The standard InChI is InChI=1S/C22H28N2O3/c1-26-20-10-12-21(13-11-20)27-17-22(25)23-14-4-5-18-6-8-19(9-7-18)24-15-2-3-16-24/h6-13H,2-5,14-17H2,1H3,(H,23,25). The average Bonchev–Trinajstić information content (AvgIpc) is 3.25. The maximum absolute atomic E-state index is 11.9. The summed E-state index contributed by atoms with van der Waals surface area (Å²) >= 11 is 0. The smallest absolute Gasteiger partial charge is 0.257 e. The van der Waals surface area contributed by atoms with Crippen LogP contribution in [0.3, 0.4) is 0 Å². The first-order chi connectivity index (χ1) is 13.2. The van der Waals surface area contributed by atoms with Crippen molar-refractivity contribution in [3.8, 4) is 11.5 Å². The predicted octanol–water partition coefficient (Wildman–Crippen LogP) is 3.42. The summed E-state index contributed by atoms with van der Waals surface area (Å²) in [4.78, 5) is 14.3. The van der Waals surface area contributed by atoms with Crippen LogP contribution in [0.15, 0.2) is 48.5 Å². The molecule has 0 radical (unpaired) electrons. The second kappa shape index (κ2) is 9.86. The molecule has 1 amide bonds. The van der Waals surface area contributed by atoms with E-state index >= 15 is 0 Å². The number of anilines is 1. The lowest BCUT2D eigenvalue weighted by Gasteiger charge is -2.17. The molecule has 1 N–H and O–H groups in total. The number of nitrogens with one attached hydrogen (secondary N) is 1. The van der Waals surface area contributed by atoms with Gasteiger partial charge in [-0.25, -0.2) is 0 Å². The highest BCUT2D eigenvalue weighted by atomic mass is 16.5. The number of rotatable bonds is 9. The van der Waals surface area contributed by atoms with E-state index in [-0.39, 0.29) is 12.5 Å². The second-order valence-electron chi connectivity index (χ2n) is 6.78. The Labute approximate surface area is 161 Å². The van der Waals surface area contributed by atoms with Crippen LogP contribution in [-0.2, 0) is 11.2 Å². The number of aryl methyl sites for hydroxylation is 1. The molecule has 1 saturated heterocycles. The summed E-state index contributed by atoms with van der Waals surface area (Å²) in [5.41, 5.74) is 2.63. The number of ether oxygens (including phenoxy) is 2. The summed E-state index contributed by atoms with van der Waals surface area (Å²) in [6.45, 7) is 3.02. The molecule has 0 aromatic heterocycles. The molecule has 2 aromatic carbocycles. The van der Waals surface area contributed by atoms with Gasteiger partial charge in [0.2, 0.25) is 0 Å². The Morgan fingerprint density at radius 1 is 1.00 bits per heavy atom. The van der Waals surface area contributed by atoms with Crippen molar-refractivity contribution in [3.05, 3.63) is 54.1 Å². The second-order valence-corrected chi connectivity index (χ2v) is 6.78. The maximum Gasteiger partial charge on any atom is 0.257 e. The summed E-state index contributed by atoms with van der Waals surface area (Å²) in [6, 6.07) is 16.0. The van der Waals surface area contributed by atoms with E-state index in [1.807, 2.05) is 12.1 Å². The van der Waals surface area contributed by atoms with Crippen molar-refractivity contribution >= 4 is 11.6 Å². The molecular formula is C22H28N2O3.